The topological polar surface area (TPSA) is 63.7 Å². The van der Waals surface area contributed by atoms with Crippen molar-refractivity contribution in [3.63, 3.8) is 0 Å². The molecular formula is C20H19NO4. The van der Waals surface area contributed by atoms with E-state index >= 15 is 0 Å². The molecule has 25 heavy (non-hydrogen) atoms. The molecule has 5 aliphatic rings. The summed E-state index contributed by atoms with van der Waals surface area (Å²) in [5, 5.41) is 0. The lowest BCUT2D eigenvalue weighted by molar-refractivity contribution is -0.124. The second-order valence-electron chi connectivity index (χ2n) is 7.44. The van der Waals surface area contributed by atoms with Gasteiger partial charge in [-0.05, 0) is 55.2 Å². The summed E-state index contributed by atoms with van der Waals surface area (Å²) in [5.74, 6) is 0.460. The molecular weight excluding hydrogens is 318 g/mol. The predicted octanol–water partition coefficient (Wildman–Crippen LogP) is 2.42. The van der Waals surface area contributed by atoms with Gasteiger partial charge in [0.2, 0.25) is 11.8 Å². The van der Waals surface area contributed by atoms with Gasteiger partial charge < -0.3 is 4.74 Å². The average Bonchev–Trinajstić information content (AvgIpc) is 3.39. The zero-order valence-electron chi connectivity index (χ0n) is 13.9. The summed E-state index contributed by atoms with van der Waals surface area (Å²) >= 11 is 0. The van der Waals surface area contributed by atoms with Gasteiger partial charge in [0.25, 0.3) is 0 Å². The number of amides is 2. The number of carbonyl (C=O) groups excluding carboxylic acids is 3. The standard InChI is InChI=1S/C20H19NO4/c1-2-25-20(24)10-4-3-5-11(8-10)21-18(22)16-12-6-7-13(15-9-14(12)15)17(16)19(21)23/h3-8,12-17H,2,9H2,1H3/t12-,13-,14-,15-,16+,17+/m0/s1. The van der Waals surface area contributed by atoms with Gasteiger partial charge in [-0.25, -0.2) is 9.69 Å². The predicted molar refractivity (Wildman–Crippen MR) is 89.6 cm³/mol. The number of ether oxygens (including phenoxy) is 1. The Balaban J connectivity index is 1.50. The molecule has 0 aromatic heterocycles. The van der Waals surface area contributed by atoms with Gasteiger partial charge in [0, 0.05) is 0 Å². The lowest BCUT2D eigenvalue weighted by Gasteiger charge is -2.37. The minimum absolute atomic E-state index is 0.110. The van der Waals surface area contributed by atoms with E-state index in [0.717, 1.165) is 6.42 Å². The van der Waals surface area contributed by atoms with Gasteiger partial charge >= 0.3 is 5.97 Å². The Morgan fingerprint density at radius 3 is 2.36 bits per heavy atom. The van der Waals surface area contributed by atoms with Gasteiger partial charge in [0.05, 0.1) is 29.7 Å². The van der Waals surface area contributed by atoms with Crippen LogP contribution in [0, 0.1) is 35.5 Å². The number of benzene rings is 1. The zero-order valence-corrected chi connectivity index (χ0v) is 13.9. The van der Waals surface area contributed by atoms with E-state index in [1.54, 1.807) is 31.2 Å². The van der Waals surface area contributed by atoms with E-state index in [-0.39, 0.29) is 42.1 Å². The fraction of sp³-hybridized carbons (Fsp3) is 0.450. The molecule has 0 N–H and O–H groups in total. The van der Waals surface area contributed by atoms with Gasteiger partial charge in [-0.3, -0.25) is 9.59 Å². The second kappa shape index (κ2) is 5.04. The Kier molecular flexibility index (Phi) is 3.00. The molecule has 1 aromatic rings. The molecule has 1 saturated heterocycles. The second-order valence-corrected chi connectivity index (χ2v) is 7.44. The van der Waals surface area contributed by atoms with Gasteiger partial charge in [0.15, 0.2) is 0 Å². The number of nitrogens with zero attached hydrogens (tertiary/aromatic N) is 1. The summed E-state index contributed by atoms with van der Waals surface area (Å²) in [5.41, 5.74) is 0.835. The molecule has 1 aliphatic heterocycles. The van der Waals surface area contributed by atoms with E-state index in [0.29, 0.717) is 23.1 Å². The first kappa shape index (κ1) is 14.9. The number of rotatable bonds is 3. The normalized spacial score (nSPS) is 37.1. The fourth-order valence-electron chi connectivity index (χ4n) is 5.20. The number of hydrogen-bond donors (Lipinski definition) is 0. The van der Waals surface area contributed by atoms with Crippen molar-refractivity contribution in [3.05, 3.63) is 42.0 Å². The van der Waals surface area contributed by atoms with Crippen molar-refractivity contribution in [1.82, 2.24) is 0 Å². The number of imide groups is 1. The van der Waals surface area contributed by atoms with Crippen LogP contribution in [0.4, 0.5) is 5.69 Å². The van der Waals surface area contributed by atoms with Crippen LogP contribution in [-0.4, -0.2) is 24.4 Å². The number of allylic oxidation sites excluding steroid dienone is 2. The van der Waals surface area contributed by atoms with Crippen LogP contribution in [0.3, 0.4) is 0 Å². The molecule has 3 fully saturated rings. The highest BCUT2D eigenvalue weighted by Crippen LogP contribution is 2.65. The van der Waals surface area contributed by atoms with Gasteiger partial charge in [-0.2, -0.15) is 0 Å². The Bertz CT molecular complexity index is 793. The highest BCUT2D eigenvalue weighted by Gasteiger charge is 2.67. The van der Waals surface area contributed by atoms with Crippen LogP contribution in [0.2, 0.25) is 0 Å². The SMILES string of the molecule is CCOC(=O)c1cccc(N2C(=O)[C@@H]3[C@H]4C=C[C@@H]([C@@H]5C[C@@H]45)[C@H]3C2=O)c1. The molecule has 2 amide bonds. The molecule has 6 rings (SSSR count). The van der Waals surface area contributed by atoms with E-state index in [2.05, 4.69) is 12.2 Å². The van der Waals surface area contributed by atoms with Crippen molar-refractivity contribution in [1.29, 1.82) is 0 Å². The number of hydrogen-bond acceptors (Lipinski definition) is 4. The number of carbonyl (C=O) groups is 3. The molecule has 6 atom stereocenters. The molecule has 0 unspecified atom stereocenters. The fourth-order valence-corrected chi connectivity index (χ4v) is 5.20. The van der Waals surface area contributed by atoms with Crippen molar-refractivity contribution in [2.45, 2.75) is 13.3 Å². The number of esters is 1. The van der Waals surface area contributed by atoms with Gasteiger partial charge in [-0.15, -0.1) is 0 Å². The largest absolute Gasteiger partial charge is 0.462 e. The number of anilines is 1. The Morgan fingerprint density at radius 2 is 1.76 bits per heavy atom. The van der Waals surface area contributed by atoms with E-state index < -0.39 is 5.97 Å². The lowest BCUT2D eigenvalue weighted by Crippen LogP contribution is -2.40. The smallest absolute Gasteiger partial charge is 0.338 e. The van der Waals surface area contributed by atoms with Crippen LogP contribution in [0.25, 0.3) is 0 Å². The maximum Gasteiger partial charge on any atom is 0.338 e. The van der Waals surface area contributed by atoms with Crippen LogP contribution in [-0.2, 0) is 14.3 Å². The minimum atomic E-state index is -0.441. The molecule has 0 radical (unpaired) electrons. The summed E-state index contributed by atoms with van der Waals surface area (Å²) in [4.78, 5) is 39.4. The maximum absolute atomic E-state index is 13.1. The Hall–Kier alpha value is -2.43. The molecule has 1 heterocycles. The monoisotopic (exact) mass is 337 g/mol. The molecule has 2 bridgehead atoms. The summed E-state index contributed by atoms with van der Waals surface area (Å²) in [7, 11) is 0. The molecule has 1 aromatic carbocycles. The first-order valence-corrected chi connectivity index (χ1v) is 8.95. The van der Waals surface area contributed by atoms with Crippen LogP contribution in [0.5, 0.6) is 0 Å². The molecule has 5 heteroatoms. The van der Waals surface area contributed by atoms with Gasteiger partial charge in [-0.1, -0.05) is 18.2 Å². The summed E-state index contributed by atoms with van der Waals surface area (Å²) in [6.45, 7) is 2.03. The van der Waals surface area contributed by atoms with Crippen LogP contribution < -0.4 is 4.90 Å². The summed E-state index contributed by atoms with van der Waals surface area (Å²) < 4.78 is 5.02. The van der Waals surface area contributed by atoms with E-state index in [4.69, 9.17) is 4.74 Å². The van der Waals surface area contributed by atoms with E-state index in [1.165, 1.54) is 4.90 Å². The third-order valence-electron chi connectivity index (χ3n) is 6.28. The van der Waals surface area contributed by atoms with E-state index in [9.17, 15) is 14.4 Å². The summed E-state index contributed by atoms with van der Waals surface area (Å²) in [6, 6.07) is 6.63. The zero-order chi connectivity index (χ0) is 17.3. The Labute approximate surface area is 145 Å². The van der Waals surface area contributed by atoms with Crippen LogP contribution in [0.15, 0.2) is 36.4 Å². The molecule has 4 aliphatic carbocycles. The van der Waals surface area contributed by atoms with Crippen LogP contribution in [0.1, 0.15) is 23.7 Å². The Morgan fingerprint density at radius 1 is 1.12 bits per heavy atom. The highest BCUT2D eigenvalue weighted by atomic mass is 16.5. The lowest BCUT2D eigenvalue weighted by atomic mass is 9.63. The first-order chi connectivity index (χ1) is 12.1. The first-order valence-electron chi connectivity index (χ1n) is 8.95. The average molecular weight is 337 g/mol. The minimum Gasteiger partial charge on any atom is -0.462 e. The third-order valence-corrected chi connectivity index (χ3v) is 6.28. The van der Waals surface area contributed by atoms with Crippen molar-refractivity contribution in [2.24, 2.45) is 35.5 Å². The molecule has 128 valence electrons. The van der Waals surface area contributed by atoms with E-state index in [1.807, 2.05) is 0 Å². The highest BCUT2D eigenvalue weighted by molar-refractivity contribution is 6.22. The third kappa shape index (κ3) is 1.92. The van der Waals surface area contributed by atoms with Crippen LogP contribution >= 0.6 is 0 Å². The molecule has 2 saturated carbocycles. The molecule has 0 spiro atoms. The van der Waals surface area contributed by atoms with Crippen molar-refractivity contribution >= 4 is 23.5 Å². The molecule has 5 nitrogen and oxygen atoms in total. The van der Waals surface area contributed by atoms with Crippen molar-refractivity contribution < 1.29 is 19.1 Å². The van der Waals surface area contributed by atoms with Gasteiger partial charge in [0.1, 0.15) is 0 Å². The maximum atomic E-state index is 13.1. The quantitative estimate of drug-likeness (QED) is 0.483. The van der Waals surface area contributed by atoms with Crippen molar-refractivity contribution in [2.75, 3.05) is 11.5 Å². The van der Waals surface area contributed by atoms with Crippen molar-refractivity contribution in [3.8, 4) is 0 Å². The summed E-state index contributed by atoms with van der Waals surface area (Å²) in [6.07, 6.45) is 5.46.